The van der Waals surface area contributed by atoms with Crippen LogP contribution in [0.2, 0.25) is 0 Å². The number of carbonyl (C=O) groups excluding carboxylic acids is 7. The predicted octanol–water partition coefficient (Wildman–Crippen LogP) is -0.598. The molecular weight excluding hydrogens is 631 g/mol. The van der Waals surface area contributed by atoms with Crippen LogP contribution in [-0.4, -0.2) is 102 Å². The number of alkyl halides is 1. The molecule has 0 saturated carbocycles. The Morgan fingerprint density at radius 3 is 2.44 bits per heavy atom. The fraction of sp³-hybridized carbons (Fsp3) is 0.516. The van der Waals surface area contributed by atoms with Crippen LogP contribution in [0.4, 0.5) is 9.18 Å². The number of hydrogen-bond donors (Lipinski definition) is 7. The van der Waals surface area contributed by atoms with Crippen LogP contribution in [0.5, 0.6) is 0 Å². The maximum Gasteiger partial charge on any atom is 0.312 e. The summed E-state index contributed by atoms with van der Waals surface area (Å²) in [6.45, 7) is -1.10. The van der Waals surface area contributed by atoms with E-state index in [1.54, 1.807) is 6.20 Å². The van der Waals surface area contributed by atoms with Gasteiger partial charge in [-0.05, 0) is 50.2 Å². The predicted molar refractivity (Wildman–Crippen MR) is 170 cm³/mol. The van der Waals surface area contributed by atoms with Crippen LogP contribution in [0.25, 0.3) is 10.9 Å². The number of fused-ring (bicyclic) bond motifs is 1. The van der Waals surface area contributed by atoms with Gasteiger partial charge in [0.15, 0.2) is 6.67 Å². The third-order valence-corrected chi connectivity index (χ3v) is 8.07. The number of nitrogens with one attached hydrogen (secondary N) is 5. The van der Waals surface area contributed by atoms with E-state index in [1.165, 1.54) is 12.0 Å². The summed E-state index contributed by atoms with van der Waals surface area (Å²) in [7, 11) is 1.17. The highest BCUT2D eigenvalue weighted by atomic mass is 19.1. The molecule has 1 aliphatic rings. The lowest BCUT2D eigenvalue weighted by Gasteiger charge is -2.37. The van der Waals surface area contributed by atoms with Gasteiger partial charge in [0.05, 0.1) is 7.11 Å². The highest BCUT2D eigenvalue weighted by Crippen LogP contribution is 2.22. The number of carbonyl (C=O) groups is 7. The largest absolute Gasteiger partial charge is 0.469 e. The standard InChI is InChI=1S/C31H43FN8O8/c1-48-26(42)12-11-22(37-25(41)16-32)30(46)40-14-5-4-10-24(40)29(45)39-23(15-18-17-36-20-8-3-2-7-19(18)20)28(44)38-21(27(33)43)9-6-13-35-31(34)47/h2-3,7-8,17,21-24,36H,4-6,9-16H2,1H3,(H2,33,43)(H,37,41)(H,38,44)(H,39,45)(H3,34,35,47)/t21-,22-,23-,24-/m0/s1. The first-order valence-electron chi connectivity index (χ1n) is 15.7. The van der Waals surface area contributed by atoms with Crippen LogP contribution in [0.3, 0.4) is 0 Å². The normalized spacial score (nSPS) is 16.2. The highest BCUT2D eigenvalue weighted by molar-refractivity contribution is 5.96. The number of halogens is 1. The molecule has 17 heteroatoms. The number of H-pyrrole nitrogens is 1. The van der Waals surface area contributed by atoms with Crippen LogP contribution in [0.1, 0.15) is 50.5 Å². The van der Waals surface area contributed by atoms with Crippen LogP contribution in [0, 0.1) is 0 Å². The third-order valence-electron chi connectivity index (χ3n) is 8.07. The van der Waals surface area contributed by atoms with Crippen molar-refractivity contribution in [3.63, 3.8) is 0 Å². The second kappa shape index (κ2) is 18.2. The average molecular weight is 675 g/mol. The van der Waals surface area contributed by atoms with Crippen molar-refractivity contribution in [2.45, 2.75) is 75.5 Å². The molecule has 1 aromatic carbocycles. The molecule has 2 heterocycles. The number of ether oxygens (including phenoxy) is 1. The number of rotatable bonds is 17. The zero-order valence-corrected chi connectivity index (χ0v) is 26.7. The van der Waals surface area contributed by atoms with Crippen LogP contribution in [0.15, 0.2) is 30.5 Å². The molecule has 0 spiro atoms. The Morgan fingerprint density at radius 2 is 1.75 bits per heavy atom. The van der Waals surface area contributed by atoms with Gasteiger partial charge in [-0.25, -0.2) is 9.18 Å². The maximum atomic E-state index is 13.9. The van der Waals surface area contributed by atoms with Crippen molar-refractivity contribution in [3.05, 3.63) is 36.0 Å². The number of benzene rings is 1. The number of amides is 7. The lowest BCUT2D eigenvalue weighted by Crippen LogP contribution is -2.60. The minimum Gasteiger partial charge on any atom is -0.469 e. The minimum atomic E-state index is -1.38. The third kappa shape index (κ3) is 10.7. The van der Waals surface area contributed by atoms with E-state index in [-0.39, 0.29) is 51.6 Å². The van der Waals surface area contributed by atoms with E-state index in [9.17, 15) is 38.0 Å². The Morgan fingerprint density at radius 1 is 1.00 bits per heavy atom. The Balaban J connectivity index is 1.85. The maximum absolute atomic E-state index is 13.9. The summed E-state index contributed by atoms with van der Waals surface area (Å²) in [5.41, 5.74) is 12.1. The van der Waals surface area contributed by atoms with Gasteiger partial charge in [0.2, 0.25) is 23.6 Å². The summed E-state index contributed by atoms with van der Waals surface area (Å²) in [5, 5.41) is 10.8. The van der Waals surface area contributed by atoms with E-state index in [0.29, 0.717) is 18.4 Å². The van der Waals surface area contributed by atoms with Crippen molar-refractivity contribution in [2.24, 2.45) is 11.5 Å². The van der Waals surface area contributed by atoms with E-state index >= 15 is 0 Å². The number of para-hydroxylation sites is 1. The summed E-state index contributed by atoms with van der Waals surface area (Å²) in [6, 6.07) is 1.90. The minimum absolute atomic E-state index is 0.00524. The number of likely N-dealkylation sites (tertiary alicyclic amines) is 1. The molecule has 2 aromatic rings. The summed E-state index contributed by atoms with van der Waals surface area (Å²) < 4.78 is 17.7. The number of aromatic nitrogens is 1. The molecule has 16 nitrogen and oxygen atoms in total. The highest BCUT2D eigenvalue weighted by Gasteiger charge is 2.38. The van der Waals surface area contributed by atoms with Crippen molar-refractivity contribution >= 4 is 52.4 Å². The molecule has 0 bridgehead atoms. The SMILES string of the molecule is COC(=O)CC[C@H](NC(=O)CF)C(=O)N1CCCC[C@H]1C(=O)N[C@@H](Cc1c[nH]c2ccccc12)C(=O)N[C@@H](CCCNC(N)=O)C(N)=O. The molecular formula is C31H43FN8O8. The average Bonchev–Trinajstić information content (AvgIpc) is 3.49. The lowest BCUT2D eigenvalue weighted by atomic mass is 9.97. The van der Waals surface area contributed by atoms with Gasteiger partial charge in [0.25, 0.3) is 5.91 Å². The first-order chi connectivity index (χ1) is 22.9. The molecule has 1 saturated heterocycles. The summed E-state index contributed by atoms with van der Waals surface area (Å²) in [6.07, 6.45) is 2.99. The fourth-order valence-electron chi connectivity index (χ4n) is 5.60. The molecule has 48 heavy (non-hydrogen) atoms. The van der Waals surface area contributed by atoms with Gasteiger partial charge in [-0.2, -0.15) is 0 Å². The smallest absolute Gasteiger partial charge is 0.312 e. The van der Waals surface area contributed by atoms with Gasteiger partial charge in [-0.1, -0.05) is 18.2 Å². The van der Waals surface area contributed by atoms with Crippen molar-refractivity contribution in [3.8, 4) is 0 Å². The van der Waals surface area contributed by atoms with Gasteiger partial charge in [0.1, 0.15) is 24.2 Å². The van der Waals surface area contributed by atoms with Gasteiger partial charge in [-0.3, -0.25) is 28.8 Å². The van der Waals surface area contributed by atoms with E-state index < -0.39 is 72.4 Å². The van der Waals surface area contributed by atoms with Crippen LogP contribution in [-0.2, 0) is 39.9 Å². The molecule has 4 atom stereocenters. The first kappa shape index (κ1) is 37.2. The molecule has 7 amide bonds. The second-order valence-corrected chi connectivity index (χ2v) is 11.4. The zero-order valence-electron chi connectivity index (χ0n) is 26.7. The number of hydrogen-bond acceptors (Lipinski definition) is 8. The van der Waals surface area contributed by atoms with Gasteiger partial charge in [-0.15, -0.1) is 0 Å². The molecule has 0 aliphatic carbocycles. The first-order valence-corrected chi connectivity index (χ1v) is 15.7. The number of primary amides is 2. The van der Waals surface area contributed by atoms with E-state index in [0.717, 1.165) is 10.9 Å². The number of esters is 1. The number of nitrogens with zero attached hydrogens (tertiary/aromatic N) is 1. The number of nitrogens with two attached hydrogens (primary N) is 2. The molecule has 262 valence electrons. The zero-order chi connectivity index (χ0) is 35.2. The van der Waals surface area contributed by atoms with Gasteiger partial charge < -0.3 is 47.4 Å². The molecule has 3 rings (SSSR count). The number of urea groups is 1. The molecule has 9 N–H and O–H groups in total. The Labute approximate surface area is 276 Å². The second-order valence-electron chi connectivity index (χ2n) is 11.4. The topological polar surface area (TPSA) is 248 Å². The summed E-state index contributed by atoms with van der Waals surface area (Å²) in [5.74, 6) is -4.57. The van der Waals surface area contributed by atoms with Crippen molar-refractivity contribution in [2.75, 3.05) is 26.9 Å². The molecule has 1 aliphatic heterocycles. The van der Waals surface area contributed by atoms with E-state index in [1.807, 2.05) is 24.3 Å². The lowest BCUT2D eigenvalue weighted by molar-refractivity contribution is -0.147. The van der Waals surface area contributed by atoms with E-state index in [4.69, 9.17) is 11.5 Å². The number of aromatic amines is 1. The Bertz CT molecular complexity index is 1480. The summed E-state index contributed by atoms with van der Waals surface area (Å²) in [4.78, 5) is 92.5. The van der Waals surface area contributed by atoms with Gasteiger partial charge in [0, 0.05) is 43.0 Å². The number of piperidine rings is 1. The van der Waals surface area contributed by atoms with Crippen molar-refractivity contribution in [1.29, 1.82) is 0 Å². The van der Waals surface area contributed by atoms with Crippen LogP contribution >= 0.6 is 0 Å². The van der Waals surface area contributed by atoms with Crippen molar-refractivity contribution in [1.82, 2.24) is 31.2 Å². The fourth-order valence-corrected chi connectivity index (χ4v) is 5.60. The molecule has 0 radical (unpaired) electrons. The molecule has 0 unspecified atom stereocenters. The summed E-state index contributed by atoms with van der Waals surface area (Å²) >= 11 is 0. The number of methoxy groups -OCH3 is 1. The quantitative estimate of drug-likeness (QED) is 0.0841. The van der Waals surface area contributed by atoms with Gasteiger partial charge >= 0.3 is 12.0 Å². The Hall–Kier alpha value is -5.22. The van der Waals surface area contributed by atoms with Crippen molar-refractivity contribution < 1.29 is 42.7 Å². The molecule has 1 fully saturated rings. The molecule has 1 aromatic heterocycles. The van der Waals surface area contributed by atoms with Crippen LogP contribution < -0.4 is 32.7 Å². The monoisotopic (exact) mass is 674 g/mol. The Kier molecular flexibility index (Phi) is 14.1. The van der Waals surface area contributed by atoms with E-state index in [2.05, 4.69) is 31.0 Å².